The molecule has 1 aliphatic heterocycles. The minimum absolute atomic E-state index is 0.0705. The smallest absolute Gasteiger partial charge is 0.152 e. The van der Waals surface area contributed by atoms with Crippen molar-refractivity contribution >= 4 is 9.84 Å². The Morgan fingerprint density at radius 1 is 1.40 bits per heavy atom. The summed E-state index contributed by atoms with van der Waals surface area (Å²) in [6.07, 6.45) is 3.92. The number of aliphatic hydroxyl groups excluding tert-OH is 1. The standard InChI is InChI=1S/C10H19NO3S/c12-7-10(11-6-9-2-3-9)4-1-5-15(13,14)8-10/h9,11-12H,1-8H2. The minimum atomic E-state index is -2.95. The van der Waals surface area contributed by atoms with E-state index in [0.717, 1.165) is 13.0 Å². The molecule has 0 radical (unpaired) electrons. The molecule has 5 heteroatoms. The van der Waals surface area contributed by atoms with Gasteiger partial charge >= 0.3 is 0 Å². The number of rotatable bonds is 4. The molecule has 1 unspecified atom stereocenters. The lowest BCUT2D eigenvalue weighted by Gasteiger charge is -2.36. The van der Waals surface area contributed by atoms with E-state index in [2.05, 4.69) is 5.32 Å². The Bertz CT molecular complexity index is 324. The van der Waals surface area contributed by atoms with Gasteiger partial charge in [-0.3, -0.25) is 0 Å². The zero-order chi connectivity index (χ0) is 10.9. The molecule has 1 heterocycles. The van der Waals surface area contributed by atoms with Crippen molar-refractivity contribution in [2.45, 2.75) is 31.2 Å². The molecule has 1 aliphatic carbocycles. The first kappa shape index (κ1) is 11.4. The largest absolute Gasteiger partial charge is 0.394 e. The van der Waals surface area contributed by atoms with Crippen LogP contribution in [0.5, 0.6) is 0 Å². The number of aliphatic hydroxyl groups is 1. The summed E-state index contributed by atoms with van der Waals surface area (Å²) in [5.74, 6) is 1.08. The van der Waals surface area contributed by atoms with Crippen molar-refractivity contribution in [1.82, 2.24) is 5.32 Å². The Morgan fingerprint density at radius 2 is 2.13 bits per heavy atom. The summed E-state index contributed by atoms with van der Waals surface area (Å²) in [7, 11) is -2.95. The van der Waals surface area contributed by atoms with Crippen molar-refractivity contribution in [2.24, 2.45) is 5.92 Å². The van der Waals surface area contributed by atoms with E-state index in [0.29, 0.717) is 12.3 Å². The maximum Gasteiger partial charge on any atom is 0.152 e. The van der Waals surface area contributed by atoms with Crippen LogP contribution < -0.4 is 5.32 Å². The molecule has 0 amide bonds. The summed E-state index contributed by atoms with van der Waals surface area (Å²) in [5, 5.41) is 12.7. The molecule has 0 aromatic heterocycles. The van der Waals surface area contributed by atoms with Gasteiger partial charge in [-0.25, -0.2) is 8.42 Å². The fourth-order valence-electron chi connectivity index (χ4n) is 2.20. The molecule has 0 aromatic carbocycles. The van der Waals surface area contributed by atoms with Crippen molar-refractivity contribution in [1.29, 1.82) is 0 Å². The predicted molar refractivity (Wildman–Crippen MR) is 58.4 cm³/mol. The average Bonchev–Trinajstić information content (AvgIpc) is 2.97. The van der Waals surface area contributed by atoms with E-state index in [1.807, 2.05) is 0 Å². The Kier molecular flexibility index (Phi) is 3.05. The molecule has 2 fully saturated rings. The molecule has 4 nitrogen and oxygen atoms in total. The van der Waals surface area contributed by atoms with Crippen molar-refractivity contribution in [2.75, 3.05) is 24.7 Å². The van der Waals surface area contributed by atoms with Gasteiger partial charge in [0.2, 0.25) is 0 Å². The zero-order valence-electron chi connectivity index (χ0n) is 8.91. The summed E-state index contributed by atoms with van der Waals surface area (Å²) < 4.78 is 23.1. The summed E-state index contributed by atoms with van der Waals surface area (Å²) in [6.45, 7) is 0.787. The van der Waals surface area contributed by atoms with Crippen LogP contribution in [-0.2, 0) is 9.84 Å². The summed E-state index contributed by atoms with van der Waals surface area (Å²) in [6, 6.07) is 0. The molecule has 1 atom stereocenters. The van der Waals surface area contributed by atoms with Crippen LogP contribution in [0.15, 0.2) is 0 Å². The average molecular weight is 233 g/mol. The molecule has 1 saturated carbocycles. The Hall–Kier alpha value is -0.130. The molecule has 88 valence electrons. The van der Waals surface area contributed by atoms with Crippen LogP contribution in [0.1, 0.15) is 25.7 Å². The Labute approximate surface area is 91.0 Å². The lowest BCUT2D eigenvalue weighted by atomic mass is 9.96. The molecule has 2 N–H and O–H groups in total. The molecule has 0 aromatic rings. The summed E-state index contributed by atoms with van der Waals surface area (Å²) >= 11 is 0. The van der Waals surface area contributed by atoms with Crippen molar-refractivity contribution in [3.63, 3.8) is 0 Å². The molecule has 0 spiro atoms. The third-order valence-electron chi connectivity index (χ3n) is 3.37. The van der Waals surface area contributed by atoms with Gasteiger partial charge in [-0.1, -0.05) is 0 Å². The predicted octanol–water partition coefficient (Wildman–Crippen LogP) is -0.0743. The zero-order valence-corrected chi connectivity index (χ0v) is 9.72. The van der Waals surface area contributed by atoms with Crippen LogP contribution >= 0.6 is 0 Å². The Balaban J connectivity index is 1.98. The molecular weight excluding hydrogens is 214 g/mol. The van der Waals surface area contributed by atoms with Crippen LogP contribution in [0.2, 0.25) is 0 Å². The number of sulfone groups is 1. The lowest BCUT2D eigenvalue weighted by Crippen LogP contribution is -2.56. The van der Waals surface area contributed by atoms with Crippen molar-refractivity contribution < 1.29 is 13.5 Å². The van der Waals surface area contributed by atoms with Gasteiger partial charge in [0.1, 0.15) is 0 Å². The van der Waals surface area contributed by atoms with Crippen LogP contribution in [-0.4, -0.2) is 43.7 Å². The fraction of sp³-hybridized carbons (Fsp3) is 1.00. The Morgan fingerprint density at radius 3 is 2.67 bits per heavy atom. The van der Waals surface area contributed by atoms with Crippen LogP contribution in [0.4, 0.5) is 0 Å². The van der Waals surface area contributed by atoms with E-state index in [1.165, 1.54) is 12.8 Å². The minimum Gasteiger partial charge on any atom is -0.394 e. The highest BCUT2D eigenvalue weighted by atomic mass is 32.2. The highest BCUT2D eigenvalue weighted by molar-refractivity contribution is 7.91. The van der Waals surface area contributed by atoms with Crippen molar-refractivity contribution in [3.8, 4) is 0 Å². The van der Waals surface area contributed by atoms with Crippen LogP contribution in [0, 0.1) is 5.92 Å². The highest BCUT2D eigenvalue weighted by Gasteiger charge is 2.39. The molecule has 0 bridgehead atoms. The number of hydrogen-bond acceptors (Lipinski definition) is 4. The van der Waals surface area contributed by atoms with E-state index in [4.69, 9.17) is 0 Å². The third-order valence-corrected chi connectivity index (χ3v) is 5.28. The third kappa shape index (κ3) is 2.92. The first-order chi connectivity index (χ1) is 7.05. The van der Waals surface area contributed by atoms with Gasteiger partial charge < -0.3 is 10.4 Å². The maximum atomic E-state index is 11.5. The molecule has 1 saturated heterocycles. The van der Waals surface area contributed by atoms with Gasteiger partial charge in [0.05, 0.1) is 23.7 Å². The van der Waals surface area contributed by atoms with Crippen LogP contribution in [0.25, 0.3) is 0 Å². The van der Waals surface area contributed by atoms with Crippen molar-refractivity contribution in [3.05, 3.63) is 0 Å². The second-order valence-electron chi connectivity index (χ2n) is 4.96. The number of nitrogens with one attached hydrogen (secondary N) is 1. The van der Waals surface area contributed by atoms with Gasteiger partial charge in [-0.05, 0) is 38.1 Å². The molecule has 15 heavy (non-hydrogen) atoms. The molecule has 2 aliphatic rings. The van der Waals surface area contributed by atoms with Crippen LogP contribution in [0.3, 0.4) is 0 Å². The van der Waals surface area contributed by atoms with E-state index in [1.54, 1.807) is 0 Å². The van der Waals surface area contributed by atoms with Gasteiger partial charge in [0.25, 0.3) is 0 Å². The monoisotopic (exact) mass is 233 g/mol. The van der Waals surface area contributed by atoms with Gasteiger partial charge in [0.15, 0.2) is 9.84 Å². The second kappa shape index (κ2) is 4.03. The second-order valence-corrected chi connectivity index (χ2v) is 7.14. The first-order valence-electron chi connectivity index (χ1n) is 5.62. The summed E-state index contributed by atoms with van der Waals surface area (Å²) in [5.41, 5.74) is -0.556. The fourth-order valence-corrected chi connectivity index (χ4v) is 4.11. The molecule has 2 rings (SSSR count). The lowest BCUT2D eigenvalue weighted by molar-refractivity contribution is 0.162. The highest BCUT2D eigenvalue weighted by Crippen LogP contribution is 2.30. The topological polar surface area (TPSA) is 66.4 Å². The van der Waals surface area contributed by atoms with E-state index in [-0.39, 0.29) is 18.1 Å². The van der Waals surface area contributed by atoms with E-state index >= 15 is 0 Å². The number of hydrogen-bond donors (Lipinski definition) is 2. The van der Waals surface area contributed by atoms with E-state index < -0.39 is 15.4 Å². The maximum absolute atomic E-state index is 11.5. The SMILES string of the molecule is O=S1(=O)CCCC(CO)(NCC2CC2)C1. The van der Waals surface area contributed by atoms with Gasteiger partial charge in [-0.2, -0.15) is 0 Å². The summed E-state index contributed by atoms with van der Waals surface area (Å²) in [4.78, 5) is 0. The van der Waals surface area contributed by atoms with E-state index in [9.17, 15) is 13.5 Å². The van der Waals surface area contributed by atoms with Gasteiger partial charge in [0, 0.05) is 0 Å². The normalized spacial score (nSPS) is 35.3. The van der Waals surface area contributed by atoms with Gasteiger partial charge in [-0.15, -0.1) is 0 Å². The first-order valence-corrected chi connectivity index (χ1v) is 7.44. The molecular formula is C10H19NO3S. The quantitative estimate of drug-likeness (QED) is 0.713.